The van der Waals surface area contributed by atoms with Crippen molar-refractivity contribution in [3.05, 3.63) is 125 Å². The summed E-state index contributed by atoms with van der Waals surface area (Å²) < 4.78 is 50.4. The summed E-state index contributed by atoms with van der Waals surface area (Å²) in [6, 6.07) is 11.6. The molecule has 740 valence electrons. The number of carbonyl (C=O) groups is 6. The van der Waals surface area contributed by atoms with E-state index in [1.54, 1.807) is 47.6 Å². The number of allylic oxidation sites excluding steroid dienone is 5. The Hall–Kier alpha value is -9.85. The van der Waals surface area contributed by atoms with Crippen LogP contribution >= 0.6 is 0 Å². The Morgan fingerprint density at radius 2 is 1.50 bits per heavy atom. The number of aliphatic hydroxyl groups is 3. The molecule has 2 bridgehead atoms. The number of aromatic nitrogens is 7. The molecule has 6 aromatic rings. The topological polar surface area (TPSA) is 416 Å². The number of hydrogen-bond donors (Lipinski definition) is 5. The summed E-state index contributed by atoms with van der Waals surface area (Å²) in [7, 11) is 6.28. The molecule has 6 fully saturated rings. The first-order valence-corrected chi connectivity index (χ1v) is 49.3. The summed E-state index contributed by atoms with van der Waals surface area (Å²) in [5.74, 6) is -5.82. The van der Waals surface area contributed by atoms with Crippen molar-refractivity contribution in [3.8, 4) is 11.3 Å². The van der Waals surface area contributed by atoms with Gasteiger partial charge in [-0.2, -0.15) is 10.1 Å². The third kappa shape index (κ3) is 25.4. The standard InChI is InChI=1S/C102H144N16O18/c1-63-17-13-12-14-18-64(2)84(128-8)55-79-27-20-69(7)102(127,136-79)94(123)98(125)117-36-16-15-19-81(117)99(126)134-86(66(4)51-70-23-28-82(120)87(53-70)130-10)56-85(129-9)65(3)50-68(6)92(122)93(131-11)90(67(5)49-63)111-133-61-78(119)26-22-72-57-105-101(106-58-72)115-44-42-114(43-45-115)88(121)35-47-132-48-46-112-37-33-77(34-38-112)113-39-30-73(31-40-113)97(124)116-41-32-74-52-71(21-24-76(74)60-116)59-118-96-89(95(103)107-62-108-96)91(110-118)75-25-29-83-80(54-75)109-100(104)135-83/h12-14,17-18,21,24-25,29,50,52,54,57-58,62-63,65-67,69-70,73,77,79,81-82,84-87,92-93,120,122,127H,15-16,19-20,22-23,26-28,30-49,51,53,55-56,59-61H2,1-11H3,(H2,104,109)(H2,103,107,108)/b14-12+,17-13+,64-18+,68-50+,111-90?/t63-,65-,66-,67-,69-,70+,79+,81+,82-,84+,85-,86+,87-,92-,93+,102-/m1/s1. The lowest BCUT2D eigenvalue weighted by Crippen LogP contribution is -2.61. The van der Waals surface area contributed by atoms with Gasteiger partial charge >= 0.3 is 5.97 Å². The number of piperidine rings is 3. The number of esters is 1. The normalized spacial score (nSPS) is 29.5. The zero-order valence-electron chi connectivity index (χ0n) is 81.3. The van der Waals surface area contributed by atoms with Gasteiger partial charge in [0.1, 0.15) is 47.7 Å². The Labute approximate surface area is 798 Å². The molecule has 0 unspecified atom stereocenters. The molecule has 1 aliphatic carbocycles. The molecule has 0 spiro atoms. The average Bonchev–Trinajstić information content (AvgIpc) is 1.42. The van der Waals surface area contributed by atoms with Crippen LogP contribution < -0.4 is 16.4 Å². The van der Waals surface area contributed by atoms with Gasteiger partial charge in [0.25, 0.3) is 17.7 Å². The molecule has 136 heavy (non-hydrogen) atoms. The third-order valence-corrected chi connectivity index (χ3v) is 29.8. The van der Waals surface area contributed by atoms with E-state index in [0.29, 0.717) is 187 Å². The molecule has 7 aliphatic heterocycles. The fourth-order valence-corrected chi connectivity index (χ4v) is 21.4. The molecule has 2 aromatic carbocycles. The number of fused-ring (bicyclic) bond motifs is 6. The van der Waals surface area contributed by atoms with E-state index < -0.39 is 78.1 Å². The minimum atomic E-state index is -2.45. The number of carbonyl (C=O) groups excluding carboxylic acids is 6. The Bertz CT molecular complexity index is 5210. The molecule has 16 atom stereocenters. The predicted octanol–water partition coefficient (Wildman–Crippen LogP) is 10.4. The molecule has 14 rings (SSSR count). The van der Waals surface area contributed by atoms with Crippen molar-refractivity contribution in [2.45, 2.75) is 257 Å². The van der Waals surface area contributed by atoms with Crippen LogP contribution in [0.5, 0.6) is 0 Å². The van der Waals surface area contributed by atoms with Crippen molar-refractivity contribution >= 4 is 80.9 Å². The molecule has 34 nitrogen and oxygen atoms in total. The summed E-state index contributed by atoms with van der Waals surface area (Å²) in [4.78, 5) is 126. The number of nitrogens with two attached hydrogens (primary N) is 2. The van der Waals surface area contributed by atoms with Gasteiger partial charge in [0.15, 0.2) is 23.6 Å². The monoisotopic (exact) mass is 1880 g/mol. The number of ether oxygens (including phenoxy) is 7. The maximum Gasteiger partial charge on any atom is 0.329 e. The van der Waals surface area contributed by atoms with Crippen LogP contribution in [0, 0.1) is 41.4 Å². The van der Waals surface area contributed by atoms with Crippen LogP contribution in [0.1, 0.15) is 186 Å². The smallest absolute Gasteiger partial charge is 0.329 e. The van der Waals surface area contributed by atoms with E-state index in [1.807, 2.05) is 85.9 Å². The predicted molar refractivity (Wildman–Crippen MR) is 514 cm³/mol. The van der Waals surface area contributed by atoms with E-state index in [1.165, 1.54) is 29.5 Å². The second kappa shape index (κ2) is 47.7. The van der Waals surface area contributed by atoms with E-state index in [-0.39, 0.29) is 97.6 Å². The molecular weight excluding hydrogens is 1740 g/mol. The molecule has 4 aromatic heterocycles. The number of oxime groups is 1. The van der Waals surface area contributed by atoms with Crippen molar-refractivity contribution in [1.82, 2.24) is 59.2 Å². The molecule has 7 N–H and O–H groups in total. The minimum Gasteiger partial charge on any atom is -0.460 e. The van der Waals surface area contributed by atoms with Crippen LogP contribution in [0.4, 0.5) is 17.8 Å². The summed E-state index contributed by atoms with van der Waals surface area (Å²) >= 11 is 0. The maximum absolute atomic E-state index is 14.9. The number of likely N-dealkylation sites (tertiary alicyclic amines) is 2. The summed E-state index contributed by atoms with van der Waals surface area (Å²) in [5.41, 5.74) is 21.6. The van der Waals surface area contributed by atoms with E-state index in [0.717, 1.165) is 93.5 Å². The maximum atomic E-state index is 14.9. The fourth-order valence-electron chi connectivity index (χ4n) is 21.4. The SMILES string of the molecule is CO[C@H]1C[C@@H]2CC[C@@H](C)[C@@](O)(O2)C(=O)C(=O)N2CCCC[C@H]2C(=O)O[C@H]([C@H](C)C[C@@H]2CC[C@@H](O)[C@H](OC)C2)C[C@@H](OC)[C@H](C)/C=C(\C)[C@@H](O)[C@@H](OC)C(=NOCC(=O)CCc2cnc(N3CCN(C(=O)CCOCCN4CCC(N5CCC(C(=O)N6CCc7cc(Cn8nc(-c9ccc%10oc(N)nc%10c9)c9c(N)ncnc98)ccc7C6)CC5)CC4)CC3)nc2)[C@H](C)C[C@H](C)/C=C/C=C/C=C/1C. The highest BCUT2D eigenvalue weighted by Crippen LogP contribution is 2.41. The molecule has 1 saturated carbocycles. The number of benzene rings is 2. The van der Waals surface area contributed by atoms with Crippen LogP contribution in [-0.2, 0) is 92.7 Å². The Morgan fingerprint density at radius 1 is 0.728 bits per heavy atom. The van der Waals surface area contributed by atoms with E-state index in [9.17, 15) is 44.1 Å². The van der Waals surface area contributed by atoms with Gasteiger partial charge in [-0.25, -0.2) is 29.4 Å². The lowest BCUT2D eigenvalue weighted by Gasteiger charge is -2.43. The van der Waals surface area contributed by atoms with Gasteiger partial charge in [0.2, 0.25) is 23.5 Å². The number of ketones is 2. The highest BCUT2D eigenvalue weighted by atomic mass is 16.6. The van der Waals surface area contributed by atoms with Crippen molar-refractivity contribution in [2.24, 2.45) is 46.6 Å². The van der Waals surface area contributed by atoms with Crippen LogP contribution in [0.3, 0.4) is 0 Å². The number of amides is 3. The van der Waals surface area contributed by atoms with E-state index >= 15 is 0 Å². The van der Waals surface area contributed by atoms with Gasteiger partial charge in [0, 0.05) is 148 Å². The number of anilines is 3. The number of methoxy groups -OCH3 is 4. The number of nitrogens with zero attached hydrogens (tertiary/aromatic N) is 14. The first-order valence-electron chi connectivity index (χ1n) is 49.3. The number of piperazine rings is 1. The van der Waals surface area contributed by atoms with Crippen LogP contribution in [-0.4, -0.2) is 302 Å². The number of Topliss-reactive ketones (excluding diaryl/α,β-unsaturated/α-hetero) is 2. The van der Waals surface area contributed by atoms with Crippen molar-refractivity contribution in [2.75, 3.05) is 137 Å². The molecule has 3 amide bonds. The Morgan fingerprint density at radius 3 is 2.25 bits per heavy atom. The summed E-state index contributed by atoms with van der Waals surface area (Å²) in [5, 5.41) is 45.8. The number of nitrogen functional groups attached to an aromatic ring is 2. The lowest BCUT2D eigenvalue weighted by atomic mass is 9.78. The lowest BCUT2D eigenvalue weighted by molar-refractivity contribution is -0.265. The number of rotatable bonds is 25. The molecule has 34 heteroatoms. The van der Waals surface area contributed by atoms with Gasteiger partial charge in [0.05, 0.1) is 67.8 Å². The van der Waals surface area contributed by atoms with Gasteiger partial charge in [-0.05, 0) is 212 Å². The quantitative estimate of drug-likeness (QED) is 0.0117. The largest absolute Gasteiger partial charge is 0.460 e. The zero-order valence-corrected chi connectivity index (χ0v) is 81.3. The number of cyclic esters (lactones) is 1. The molecule has 8 aliphatic rings. The number of oxazole rings is 1. The number of aliphatic hydroxyl groups excluding tert-OH is 2. The average molecular weight is 1880 g/mol. The fraction of sp³-hybridized carbons (Fsp3) is 0.637. The number of aryl methyl sites for hydroxylation is 1. The zero-order chi connectivity index (χ0) is 96.4. The Kier molecular flexibility index (Phi) is 35.8. The second-order valence-corrected chi connectivity index (χ2v) is 39.2. The first-order chi connectivity index (χ1) is 65.6. The molecular formula is C102H144N16O18. The van der Waals surface area contributed by atoms with Gasteiger partial charge in [-0.1, -0.05) is 94.4 Å². The first kappa shape index (κ1) is 102. The Balaban J connectivity index is 0.519. The number of hydrogen-bond acceptors (Lipinski definition) is 30. The van der Waals surface area contributed by atoms with E-state index in [4.69, 9.17) is 59.0 Å². The van der Waals surface area contributed by atoms with Crippen molar-refractivity contribution < 1.29 is 86.5 Å². The van der Waals surface area contributed by atoms with Crippen LogP contribution in [0.25, 0.3) is 33.4 Å². The van der Waals surface area contributed by atoms with Gasteiger partial charge in [-0.15, -0.1) is 0 Å². The highest BCUT2D eigenvalue weighted by Gasteiger charge is 2.54. The summed E-state index contributed by atoms with van der Waals surface area (Å²) in [6.45, 7) is 22.7. The van der Waals surface area contributed by atoms with Crippen LogP contribution in [0.2, 0.25) is 0 Å². The van der Waals surface area contributed by atoms with Crippen molar-refractivity contribution in [3.63, 3.8) is 0 Å². The summed E-state index contributed by atoms with van der Waals surface area (Å²) in [6.07, 6.45) is 22.3. The van der Waals surface area contributed by atoms with Gasteiger partial charge < -0.3 is 98.6 Å². The highest BCUT2D eigenvalue weighted by molar-refractivity contribution is 6.39. The van der Waals surface area contributed by atoms with Gasteiger partial charge in [-0.3, -0.25) is 24.0 Å². The van der Waals surface area contributed by atoms with E-state index in [2.05, 4.69) is 80.9 Å². The van der Waals surface area contributed by atoms with Crippen LogP contribution in [0.15, 0.2) is 112 Å². The second-order valence-electron chi connectivity index (χ2n) is 39.2. The third-order valence-electron chi connectivity index (χ3n) is 29.8. The molecule has 11 heterocycles. The molecule has 0 radical (unpaired) electrons. The molecule has 5 saturated heterocycles. The minimum absolute atomic E-state index is 0.0192. The van der Waals surface area contributed by atoms with Crippen molar-refractivity contribution in [1.29, 1.82) is 0 Å².